The molecule has 0 radical (unpaired) electrons. The number of para-hydroxylation sites is 1. The van der Waals surface area contributed by atoms with Gasteiger partial charge in [0.2, 0.25) is 0 Å². The third-order valence-electron chi connectivity index (χ3n) is 2.87. The second-order valence-electron chi connectivity index (χ2n) is 4.19. The lowest BCUT2D eigenvalue weighted by atomic mass is 10.2. The van der Waals surface area contributed by atoms with Crippen molar-refractivity contribution in [2.24, 2.45) is 5.84 Å². The van der Waals surface area contributed by atoms with E-state index in [9.17, 15) is 0 Å². The number of nitrogen functional groups attached to an aromatic ring is 2. The molecule has 6 N–H and O–H groups in total. The number of aryl methyl sites for hydroxylation is 1. The number of fused-ring (bicyclic) bond motifs is 1. The average molecular weight is 287 g/mol. The Balaban J connectivity index is 1.99. The number of rotatable bonds is 3. The van der Waals surface area contributed by atoms with E-state index in [4.69, 9.17) is 11.6 Å². The minimum atomic E-state index is 0.353. The van der Waals surface area contributed by atoms with Gasteiger partial charge in [0.15, 0.2) is 16.8 Å². The number of nitrogens with two attached hydrogens (primary N) is 2. The third kappa shape index (κ3) is 2.10. The van der Waals surface area contributed by atoms with E-state index in [0.29, 0.717) is 17.3 Å². The van der Waals surface area contributed by atoms with Crippen LogP contribution in [0.2, 0.25) is 0 Å². The molecule has 0 aliphatic rings. The lowest BCUT2D eigenvalue weighted by Crippen LogP contribution is -2.12. The monoisotopic (exact) mass is 287 g/mol. The first-order valence-electron chi connectivity index (χ1n) is 5.89. The van der Waals surface area contributed by atoms with Gasteiger partial charge in [-0.25, -0.2) is 20.8 Å². The van der Waals surface area contributed by atoms with Gasteiger partial charge in [0.05, 0.1) is 10.2 Å². The van der Waals surface area contributed by atoms with Gasteiger partial charge in [-0.2, -0.15) is 0 Å². The topological polar surface area (TPSA) is 115 Å². The molecule has 3 aromatic rings. The Morgan fingerprint density at radius 3 is 2.75 bits per heavy atom. The summed E-state index contributed by atoms with van der Waals surface area (Å²) in [6.07, 6.45) is 1.38. The average Bonchev–Trinajstić information content (AvgIpc) is 2.85. The first kappa shape index (κ1) is 12.6. The molecule has 0 unspecified atom stereocenters. The predicted octanol–water partition coefficient (Wildman–Crippen LogP) is 2.01. The zero-order valence-corrected chi connectivity index (χ0v) is 11.5. The molecule has 0 amide bonds. The molecule has 7 nitrogen and oxygen atoms in total. The molecule has 0 aliphatic carbocycles. The Morgan fingerprint density at radius 2 is 2.00 bits per heavy atom. The lowest BCUT2D eigenvalue weighted by molar-refractivity contribution is 1.14. The van der Waals surface area contributed by atoms with Gasteiger partial charge in [0.25, 0.3) is 0 Å². The molecule has 8 heteroatoms. The highest BCUT2D eigenvalue weighted by Crippen LogP contribution is 2.31. The van der Waals surface area contributed by atoms with Crippen LogP contribution in [-0.4, -0.2) is 15.0 Å². The summed E-state index contributed by atoms with van der Waals surface area (Å²) in [6.45, 7) is 2.03. The quantitative estimate of drug-likeness (QED) is 0.430. The van der Waals surface area contributed by atoms with E-state index in [1.54, 1.807) is 0 Å². The standard InChI is InChI=1S/C12H13N7S/c1-6-3-2-4-7-9(6)17-12(20-7)18-10-8(13)11(19-14)16-5-15-10/h2-5H,13-14H2,1H3,(H2,15,16,17,18,19). The van der Waals surface area contributed by atoms with Gasteiger partial charge in [-0.05, 0) is 18.6 Å². The SMILES string of the molecule is Cc1cccc2sc(Nc3ncnc(NN)c3N)nc12. The number of benzene rings is 1. The third-order valence-corrected chi connectivity index (χ3v) is 3.80. The zero-order valence-electron chi connectivity index (χ0n) is 10.7. The van der Waals surface area contributed by atoms with Crippen LogP contribution in [0.25, 0.3) is 10.2 Å². The highest BCUT2D eigenvalue weighted by Gasteiger charge is 2.10. The number of aromatic nitrogens is 3. The fourth-order valence-corrected chi connectivity index (χ4v) is 2.79. The van der Waals surface area contributed by atoms with E-state index in [2.05, 4.69) is 25.7 Å². The van der Waals surface area contributed by atoms with Crippen molar-refractivity contribution in [1.82, 2.24) is 15.0 Å². The van der Waals surface area contributed by atoms with Crippen LogP contribution in [0.4, 0.5) is 22.5 Å². The molecule has 0 spiro atoms. The van der Waals surface area contributed by atoms with Crippen LogP contribution in [0, 0.1) is 6.92 Å². The number of hydrazine groups is 1. The van der Waals surface area contributed by atoms with Crippen molar-refractivity contribution in [2.45, 2.75) is 6.92 Å². The van der Waals surface area contributed by atoms with Crippen LogP contribution < -0.4 is 22.3 Å². The number of anilines is 4. The van der Waals surface area contributed by atoms with Crippen molar-refractivity contribution in [3.63, 3.8) is 0 Å². The van der Waals surface area contributed by atoms with Crippen molar-refractivity contribution in [1.29, 1.82) is 0 Å². The second-order valence-corrected chi connectivity index (χ2v) is 5.23. The van der Waals surface area contributed by atoms with E-state index < -0.39 is 0 Å². The van der Waals surface area contributed by atoms with Crippen LogP contribution in [0.15, 0.2) is 24.5 Å². The number of thiazole rings is 1. The molecule has 0 aliphatic heterocycles. The van der Waals surface area contributed by atoms with E-state index in [-0.39, 0.29) is 0 Å². The summed E-state index contributed by atoms with van der Waals surface area (Å²) in [5.41, 5.74) is 10.8. The molecule has 0 atom stereocenters. The molecular formula is C12H13N7S. The summed E-state index contributed by atoms with van der Waals surface area (Å²) in [7, 11) is 0. The summed E-state index contributed by atoms with van der Waals surface area (Å²) in [5, 5.41) is 3.82. The van der Waals surface area contributed by atoms with Gasteiger partial charge in [0, 0.05) is 0 Å². The molecule has 2 aromatic heterocycles. The van der Waals surface area contributed by atoms with E-state index in [1.165, 1.54) is 17.7 Å². The van der Waals surface area contributed by atoms with Gasteiger partial charge in [-0.3, -0.25) is 0 Å². The minimum Gasteiger partial charge on any atom is -0.393 e. The van der Waals surface area contributed by atoms with Crippen LogP contribution in [0.5, 0.6) is 0 Å². The first-order chi connectivity index (χ1) is 9.69. The van der Waals surface area contributed by atoms with Crippen LogP contribution in [-0.2, 0) is 0 Å². The van der Waals surface area contributed by atoms with Crippen molar-refractivity contribution < 1.29 is 0 Å². The van der Waals surface area contributed by atoms with E-state index >= 15 is 0 Å². The van der Waals surface area contributed by atoms with Gasteiger partial charge < -0.3 is 16.5 Å². The largest absolute Gasteiger partial charge is 0.393 e. The van der Waals surface area contributed by atoms with Gasteiger partial charge in [0.1, 0.15) is 12.0 Å². The van der Waals surface area contributed by atoms with Crippen LogP contribution >= 0.6 is 11.3 Å². The Kier molecular flexibility index (Phi) is 3.09. The normalized spacial score (nSPS) is 10.7. The maximum absolute atomic E-state index is 5.91. The summed E-state index contributed by atoms with van der Waals surface area (Å²) < 4.78 is 1.11. The highest BCUT2D eigenvalue weighted by atomic mass is 32.1. The van der Waals surface area contributed by atoms with Gasteiger partial charge >= 0.3 is 0 Å². The lowest BCUT2D eigenvalue weighted by Gasteiger charge is -2.08. The molecule has 20 heavy (non-hydrogen) atoms. The Bertz CT molecular complexity index is 768. The fraction of sp³-hybridized carbons (Fsp3) is 0.0833. The van der Waals surface area contributed by atoms with Crippen LogP contribution in [0.3, 0.4) is 0 Å². The number of hydrogen-bond donors (Lipinski definition) is 4. The molecule has 2 heterocycles. The summed E-state index contributed by atoms with van der Waals surface area (Å²) in [5.74, 6) is 6.18. The Hall–Kier alpha value is -2.45. The molecule has 0 fully saturated rings. The second kappa shape index (κ2) is 4.91. The number of nitrogens with zero attached hydrogens (tertiary/aromatic N) is 3. The van der Waals surface area contributed by atoms with Crippen molar-refractivity contribution in [3.05, 3.63) is 30.1 Å². The number of hydrogen-bond acceptors (Lipinski definition) is 8. The first-order valence-corrected chi connectivity index (χ1v) is 6.71. The molecule has 0 saturated carbocycles. The molecule has 0 saturated heterocycles. The summed E-state index contributed by atoms with van der Waals surface area (Å²) in [6, 6.07) is 6.07. The summed E-state index contributed by atoms with van der Waals surface area (Å²) in [4.78, 5) is 12.6. The minimum absolute atomic E-state index is 0.353. The Morgan fingerprint density at radius 1 is 1.20 bits per heavy atom. The molecule has 0 bridgehead atoms. The van der Waals surface area contributed by atoms with Crippen molar-refractivity contribution >= 4 is 44.0 Å². The molecule has 1 aromatic carbocycles. The molecular weight excluding hydrogens is 274 g/mol. The van der Waals surface area contributed by atoms with Gasteiger partial charge in [-0.15, -0.1) is 0 Å². The van der Waals surface area contributed by atoms with Crippen molar-refractivity contribution in [2.75, 3.05) is 16.5 Å². The van der Waals surface area contributed by atoms with E-state index in [0.717, 1.165) is 20.9 Å². The van der Waals surface area contributed by atoms with E-state index in [1.807, 2.05) is 25.1 Å². The Labute approximate surface area is 119 Å². The highest BCUT2D eigenvalue weighted by molar-refractivity contribution is 7.22. The van der Waals surface area contributed by atoms with Crippen LogP contribution in [0.1, 0.15) is 5.56 Å². The molecule has 102 valence electrons. The van der Waals surface area contributed by atoms with Crippen molar-refractivity contribution in [3.8, 4) is 0 Å². The summed E-state index contributed by atoms with van der Waals surface area (Å²) >= 11 is 1.54. The smallest absolute Gasteiger partial charge is 0.189 e. The molecule has 3 rings (SSSR count). The predicted molar refractivity (Wildman–Crippen MR) is 81.9 cm³/mol. The van der Waals surface area contributed by atoms with Gasteiger partial charge in [-0.1, -0.05) is 23.5 Å². The number of nitrogens with one attached hydrogen (secondary N) is 2. The fourth-order valence-electron chi connectivity index (χ4n) is 1.85. The zero-order chi connectivity index (χ0) is 14.1. The maximum atomic E-state index is 5.91. The maximum Gasteiger partial charge on any atom is 0.189 e.